The Morgan fingerprint density at radius 1 is 1.11 bits per heavy atom. The molecule has 27 heavy (non-hydrogen) atoms. The Labute approximate surface area is 164 Å². The van der Waals surface area contributed by atoms with E-state index in [4.69, 9.17) is 11.6 Å². The molecule has 1 aromatic heterocycles. The van der Waals surface area contributed by atoms with Crippen LogP contribution in [0.5, 0.6) is 0 Å². The number of carbonyl (C=O) groups is 1. The third kappa shape index (κ3) is 4.02. The lowest BCUT2D eigenvalue weighted by atomic mass is 10.1. The van der Waals surface area contributed by atoms with E-state index in [9.17, 15) is 13.2 Å². The van der Waals surface area contributed by atoms with E-state index < -0.39 is 10.0 Å². The van der Waals surface area contributed by atoms with Gasteiger partial charge in [-0.15, -0.1) is 0 Å². The van der Waals surface area contributed by atoms with Crippen LogP contribution in [-0.4, -0.2) is 59.5 Å². The van der Waals surface area contributed by atoms with Crippen molar-refractivity contribution in [3.63, 3.8) is 0 Å². The molecular formula is C18H23ClN4O3S. The van der Waals surface area contributed by atoms with Crippen LogP contribution < -0.4 is 0 Å². The fraction of sp³-hybridized carbons (Fsp3) is 0.444. The number of halogens is 1. The van der Waals surface area contributed by atoms with E-state index in [1.165, 1.54) is 4.31 Å². The molecule has 1 amide bonds. The number of rotatable bonds is 4. The molecule has 7 nitrogen and oxygen atoms in total. The molecule has 1 fully saturated rings. The molecule has 0 unspecified atom stereocenters. The average molecular weight is 411 g/mol. The van der Waals surface area contributed by atoms with Crippen molar-refractivity contribution in [2.45, 2.75) is 25.2 Å². The SMILES string of the molecule is Cc1nn(C)c(C)c1S(=O)(=O)N1CCN(C(=O)Cc2ccc(Cl)cc2)CC1. The molecule has 9 heteroatoms. The van der Waals surface area contributed by atoms with Gasteiger partial charge >= 0.3 is 0 Å². The first-order chi connectivity index (χ1) is 12.7. The van der Waals surface area contributed by atoms with Gasteiger partial charge in [0.05, 0.1) is 17.8 Å². The molecule has 2 heterocycles. The maximum Gasteiger partial charge on any atom is 0.246 e. The van der Waals surface area contributed by atoms with Crippen LogP contribution >= 0.6 is 11.6 Å². The molecule has 1 aliphatic rings. The van der Waals surface area contributed by atoms with Gasteiger partial charge in [-0.25, -0.2) is 8.42 Å². The van der Waals surface area contributed by atoms with Gasteiger partial charge in [-0.05, 0) is 31.5 Å². The zero-order valence-corrected chi connectivity index (χ0v) is 17.2. The van der Waals surface area contributed by atoms with Crippen molar-refractivity contribution in [3.8, 4) is 0 Å². The number of hydrogen-bond donors (Lipinski definition) is 0. The monoisotopic (exact) mass is 410 g/mol. The Kier molecular flexibility index (Phi) is 5.60. The predicted molar refractivity (Wildman–Crippen MR) is 103 cm³/mol. The molecule has 0 bridgehead atoms. The van der Waals surface area contributed by atoms with Crippen molar-refractivity contribution >= 4 is 27.5 Å². The van der Waals surface area contributed by atoms with Gasteiger partial charge in [-0.3, -0.25) is 9.48 Å². The first-order valence-corrected chi connectivity index (χ1v) is 10.5. The van der Waals surface area contributed by atoms with Crippen molar-refractivity contribution < 1.29 is 13.2 Å². The average Bonchev–Trinajstić information content (AvgIpc) is 2.89. The predicted octanol–water partition coefficient (Wildman–Crippen LogP) is 1.77. The van der Waals surface area contributed by atoms with Crippen LogP contribution in [0.2, 0.25) is 5.02 Å². The third-order valence-electron chi connectivity index (χ3n) is 4.90. The van der Waals surface area contributed by atoms with Crippen LogP contribution in [0.1, 0.15) is 17.0 Å². The van der Waals surface area contributed by atoms with E-state index >= 15 is 0 Å². The highest BCUT2D eigenvalue weighted by atomic mass is 35.5. The highest BCUT2D eigenvalue weighted by Gasteiger charge is 2.33. The van der Waals surface area contributed by atoms with Crippen LogP contribution in [-0.2, 0) is 28.3 Å². The highest BCUT2D eigenvalue weighted by Crippen LogP contribution is 2.24. The van der Waals surface area contributed by atoms with Crippen LogP contribution in [0.4, 0.5) is 0 Å². The summed E-state index contributed by atoms with van der Waals surface area (Å²) in [6.45, 7) is 4.77. The van der Waals surface area contributed by atoms with Crippen LogP contribution in [0.25, 0.3) is 0 Å². The maximum atomic E-state index is 13.0. The van der Waals surface area contributed by atoms with E-state index in [1.54, 1.807) is 42.6 Å². The molecule has 0 atom stereocenters. The van der Waals surface area contributed by atoms with E-state index in [1.807, 2.05) is 12.1 Å². The Balaban J connectivity index is 1.66. The Hall–Kier alpha value is -1.90. The molecule has 3 rings (SSSR count). The maximum absolute atomic E-state index is 13.0. The number of piperazine rings is 1. The first-order valence-electron chi connectivity index (χ1n) is 8.72. The molecule has 0 saturated carbocycles. The summed E-state index contributed by atoms with van der Waals surface area (Å²) < 4.78 is 29.0. The molecule has 0 spiro atoms. The highest BCUT2D eigenvalue weighted by molar-refractivity contribution is 7.89. The quantitative estimate of drug-likeness (QED) is 0.769. The van der Waals surface area contributed by atoms with Crippen LogP contribution in [0.3, 0.4) is 0 Å². The zero-order valence-electron chi connectivity index (χ0n) is 15.6. The number of carbonyl (C=O) groups excluding carboxylic acids is 1. The molecule has 0 aliphatic carbocycles. The smallest absolute Gasteiger partial charge is 0.246 e. The summed E-state index contributed by atoms with van der Waals surface area (Å²) in [4.78, 5) is 14.5. The summed E-state index contributed by atoms with van der Waals surface area (Å²) >= 11 is 5.87. The van der Waals surface area contributed by atoms with Gasteiger partial charge in [-0.1, -0.05) is 23.7 Å². The number of aromatic nitrogens is 2. The van der Waals surface area contributed by atoms with Crippen molar-refractivity contribution in [2.75, 3.05) is 26.2 Å². The van der Waals surface area contributed by atoms with Gasteiger partial charge in [0.25, 0.3) is 0 Å². The summed E-state index contributed by atoms with van der Waals surface area (Å²) in [5, 5.41) is 4.84. The van der Waals surface area contributed by atoms with Crippen molar-refractivity contribution in [1.82, 2.24) is 19.0 Å². The lowest BCUT2D eigenvalue weighted by molar-refractivity contribution is -0.131. The molecule has 2 aromatic rings. The minimum absolute atomic E-state index is 0.0110. The minimum atomic E-state index is -3.62. The van der Waals surface area contributed by atoms with Crippen molar-refractivity contribution in [2.24, 2.45) is 7.05 Å². The van der Waals surface area contributed by atoms with Crippen molar-refractivity contribution in [1.29, 1.82) is 0 Å². The lowest BCUT2D eigenvalue weighted by Crippen LogP contribution is -2.51. The fourth-order valence-electron chi connectivity index (χ4n) is 3.32. The second-order valence-corrected chi connectivity index (χ2v) is 9.02. The molecule has 0 N–H and O–H groups in total. The number of amides is 1. The van der Waals surface area contributed by atoms with Crippen molar-refractivity contribution in [3.05, 3.63) is 46.2 Å². The Morgan fingerprint density at radius 3 is 2.22 bits per heavy atom. The second-order valence-electron chi connectivity index (χ2n) is 6.71. The number of nitrogens with zero attached hydrogens (tertiary/aromatic N) is 4. The summed E-state index contributed by atoms with van der Waals surface area (Å²) in [6.07, 6.45) is 0.282. The molecule has 146 valence electrons. The number of aryl methyl sites for hydroxylation is 2. The van der Waals surface area contributed by atoms with E-state index in [2.05, 4.69) is 5.10 Å². The molecule has 1 aromatic carbocycles. The molecule has 0 radical (unpaired) electrons. The molecule has 1 aliphatic heterocycles. The van der Waals surface area contributed by atoms with E-state index in [0.717, 1.165) is 5.56 Å². The van der Waals surface area contributed by atoms with Gasteiger partial charge in [-0.2, -0.15) is 9.40 Å². The minimum Gasteiger partial charge on any atom is -0.340 e. The van der Waals surface area contributed by atoms with Crippen LogP contribution in [0.15, 0.2) is 29.2 Å². The third-order valence-corrected chi connectivity index (χ3v) is 7.30. The number of hydrogen-bond acceptors (Lipinski definition) is 4. The summed E-state index contributed by atoms with van der Waals surface area (Å²) in [7, 11) is -1.89. The normalized spacial score (nSPS) is 15.9. The van der Waals surface area contributed by atoms with E-state index in [-0.39, 0.29) is 30.3 Å². The number of sulfonamides is 1. The van der Waals surface area contributed by atoms with Gasteiger partial charge in [0.1, 0.15) is 4.90 Å². The summed E-state index contributed by atoms with van der Waals surface area (Å²) in [5.74, 6) is -0.0110. The van der Waals surface area contributed by atoms with Gasteiger partial charge in [0.2, 0.25) is 15.9 Å². The molecular weight excluding hydrogens is 388 g/mol. The second kappa shape index (κ2) is 7.61. The zero-order chi connectivity index (χ0) is 19.8. The van der Waals surface area contributed by atoms with Gasteiger partial charge in [0.15, 0.2) is 0 Å². The van der Waals surface area contributed by atoms with Gasteiger partial charge in [0, 0.05) is 38.2 Å². The fourth-order valence-corrected chi connectivity index (χ4v) is 5.27. The number of benzene rings is 1. The summed E-state index contributed by atoms with van der Waals surface area (Å²) in [6, 6.07) is 7.17. The Morgan fingerprint density at radius 2 is 1.70 bits per heavy atom. The topological polar surface area (TPSA) is 75.5 Å². The van der Waals surface area contributed by atoms with Gasteiger partial charge < -0.3 is 4.90 Å². The molecule has 1 saturated heterocycles. The van der Waals surface area contributed by atoms with Crippen LogP contribution in [0, 0.1) is 13.8 Å². The largest absolute Gasteiger partial charge is 0.340 e. The lowest BCUT2D eigenvalue weighted by Gasteiger charge is -2.34. The van der Waals surface area contributed by atoms with E-state index in [0.29, 0.717) is 29.5 Å². The standard InChI is InChI=1S/C18H23ClN4O3S/c1-13-18(14(2)21(3)20-13)27(25,26)23-10-8-22(9-11-23)17(24)12-15-4-6-16(19)7-5-15/h4-7H,8-12H2,1-3H3. The summed E-state index contributed by atoms with van der Waals surface area (Å²) in [5.41, 5.74) is 2.01. The first kappa shape index (κ1) is 19.9. The Bertz CT molecular complexity index is 946.